The van der Waals surface area contributed by atoms with Crippen LogP contribution < -0.4 is 10.6 Å². The van der Waals surface area contributed by atoms with Gasteiger partial charge in [-0.2, -0.15) is 0 Å². The van der Waals surface area contributed by atoms with Crippen LogP contribution in [0.25, 0.3) is 0 Å². The lowest BCUT2D eigenvalue weighted by Gasteiger charge is -2.43. The number of sulfone groups is 1. The van der Waals surface area contributed by atoms with Crippen molar-refractivity contribution in [2.24, 2.45) is 5.92 Å². The zero-order valence-electron chi connectivity index (χ0n) is 17.6. The maximum atomic E-state index is 13.4. The molecular formula is C20H32ClN3O4S. The lowest BCUT2D eigenvalue weighted by atomic mass is 10.1. The summed E-state index contributed by atoms with van der Waals surface area (Å²) in [5.41, 5.74) is -0.877. The van der Waals surface area contributed by atoms with E-state index in [1.54, 1.807) is 0 Å². The smallest absolute Gasteiger partial charge is 0.262 e. The molecule has 2 N–H and O–H groups in total. The van der Waals surface area contributed by atoms with Gasteiger partial charge >= 0.3 is 0 Å². The molecule has 0 saturated heterocycles. The first-order valence-corrected chi connectivity index (χ1v) is 12.3. The van der Waals surface area contributed by atoms with Crippen LogP contribution in [0, 0.1) is 5.92 Å². The van der Waals surface area contributed by atoms with Crippen LogP contribution in [0.2, 0.25) is 0 Å². The zero-order valence-corrected chi connectivity index (χ0v) is 19.1. The van der Waals surface area contributed by atoms with Crippen LogP contribution in [0.15, 0.2) is 30.3 Å². The lowest BCUT2D eigenvalue weighted by molar-refractivity contribution is -0.147. The van der Waals surface area contributed by atoms with E-state index < -0.39 is 33.1 Å². The Kier molecular flexibility index (Phi) is 10.1. The minimum Gasteiger partial charge on any atom is -0.349 e. The number of carbonyl (C=O) groups excluding carboxylic acids is 2. The molecule has 1 rings (SSSR count). The highest BCUT2D eigenvalue weighted by Crippen LogP contribution is 2.19. The third kappa shape index (κ3) is 7.95. The Morgan fingerprint density at radius 2 is 1.83 bits per heavy atom. The molecule has 9 heteroatoms. The van der Waals surface area contributed by atoms with Gasteiger partial charge < -0.3 is 10.2 Å². The van der Waals surface area contributed by atoms with Crippen molar-refractivity contribution >= 4 is 33.3 Å². The molecule has 0 bridgehead atoms. The number of hydrogen-bond acceptors (Lipinski definition) is 5. The van der Waals surface area contributed by atoms with Crippen LogP contribution in [-0.2, 0) is 26.0 Å². The molecule has 1 aromatic carbocycles. The SMILES string of the molecule is CCCN(C(=O)CCl)[C@@](CS(C)(=O)=O)(NCC(C)C)C(=O)NCc1ccccc1. The molecule has 7 nitrogen and oxygen atoms in total. The van der Waals surface area contributed by atoms with Gasteiger partial charge in [0.2, 0.25) is 5.91 Å². The number of nitrogens with one attached hydrogen (secondary N) is 2. The predicted octanol–water partition coefficient (Wildman–Crippen LogP) is 1.77. The molecule has 29 heavy (non-hydrogen) atoms. The van der Waals surface area contributed by atoms with Crippen molar-refractivity contribution in [1.29, 1.82) is 0 Å². The predicted molar refractivity (Wildman–Crippen MR) is 116 cm³/mol. The molecule has 0 aliphatic carbocycles. The molecule has 1 aromatic rings. The Morgan fingerprint density at radius 3 is 2.31 bits per heavy atom. The number of halogens is 1. The Morgan fingerprint density at radius 1 is 1.21 bits per heavy atom. The van der Waals surface area contributed by atoms with E-state index in [9.17, 15) is 18.0 Å². The molecule has 0 aromatic heterocycles. The van der Waals surface area contributed by atoms with Gasteiger partial charge in [0.25, 0.3) is 5.91 Å². The molecule has 0 heterocycles. The van der Waals surface area contributed by atoms with E-state index in [2.05, 4.69) is 10.6 Å². The Bertz CT molecular complexity index is 771. The number of alkyl halides is 1. The van der Waals surface area contributed by atoms with E-state index in [0.29, 0.717) is 13.0 Å². The van der Waals surface area contributed by atoms with E-state index in [4.69, 9.17) is 11.6 Å². The first-order valence-electron chi connectivity index (χ1n) is 9.67. The van der Waals surface area contributed by atoms with Crippen LogP contribution in [0.4, 0.5) is 0 Å². The average molecular weight is 446 g/mol. The number of rotatable bonds is 12. The lowest BCUT2D eigenvalue weighted by Crippen LogP contribution is -2.72. The highest BCUT2D eigenvalue weighted by atomic mass is 35.5. The molecule has 0 saturated carbocycles. The Labute approximate surface area is 179 Å². The topological polar surface area (TPSA) is 95.6 Å². The van der Waals surface area contributed by atoms with E-state index in [0.717, 1.165) is 11.8 Å². The number of benzene rings is 1. The summed E-state index contributed by atoms with van der Waals surface area (Å²) in [6.07, 6.45) is 1.60. The van der Waals surface area contributed by atoms with Gasteiger partial charge in [0.1, 0.15) is 5.88 Å². The standard InChI is InChI=1S/C20H32ClN3O4S/c1-5-11-24(18(25)12-21)20(15-29(4,27)28,23-13-16(2)3)19(26)22-14-17-9-7-6-8-10-17/h6-10,16,23H,5,11-15H2,1-4H3,(H,22,26)/t20-/m1/s1. The number of amides is 2. The fourth-order valence-electron chi connectivity index (χ4n) is 2.99. The Balaban J connectivity index is 3.38. The summed E-state index contributed by atoms with van der Waals surface area (Å²) in [6.45, 7) is 6.49. The summed E-state index contributed by atoms with van der Waals surface area (Å²) in [5, 5.41) is 5.88. The van der Waals surface area contributed by atoms with Gasteiger partial charge in [0, 0.05) is 25.9 Å². The molecule has 2 amide bonds. The van der Waals surface area contributed by atoms with Crippen molar-refractivity contribution in [3.63, 3.8) is 0 Å². The average Bonchev–Trinajstić information content (AvgIpc) is 2.66. The first-order chi connectivity index (χ1) is 13.6. The number of carbonyl (C=O) groups is 2. The second kappa shape index (κ2) is 11.5. The maximum Gasteiger partial charge on any atom is 0.262 e. The third-order valence-corrected chi connectivity index (χ3v) is 5.44. The van der Waals surface area contributed by atoms with Crippen molar-refractivity contribution < 1.29 is 18.0 Å². The highest BCUT2D eigenvalue weighted by Gasteiger charge is 2.48. The molecule has 1 atom stereocenters. The van der Waals surface area contributed by atoms with Crippen molar-refractivity contribution in [3.8, 4) is 0 Å². The first kappa shape index (κ1) is 25.4. The molecular weight excluding hydrogens is 414 g/mol. The van der Waals surface area contributed by atoms with Gasteiger partial charge in [-0.25, -0.2) is 8.42 Å². The van der Waals surface area contributed by atoms with Gasteiger partial charge in [0.05, 0.1) is 5.75 Å². The number of nitrogens with zero attached hydrogens (tertiary/aromatic N) is 1. The van der Waals surface area contributed by atoms with Gasteiger partial charge in [-0.3, -0.25) is 14.9 Å². The van der Waals surface area contributed by atoms with E-state index in [1.807, 2.05) is 51.1 Å². The molecule has 0 spiro atoms. The molecule has 0 aliphatic heterocycles. The molecule has 0 aliphatic rings. The van der Waals surface area contributed by atoms with Gasteiger partial charge in [-0.15, -0.1) is 11.6 Å². The van der Waals surface area contributed by atoms with E-state index in [-0.39, 0.29) is 24.9 Å². The largest absolute Gasteiger partial charge is 0.349 e. The van der Waals surface area contributed by atoms with Crippen LogP contribution >= 0.6 is 11.6 Å². The minimum atomic E-state index is -3.62. The Hall–Kier alpha value is -1.64. The van der Waals surface area contributed by atoms with E-state index in [1.165, 1.54) is 4.90 Å². The van der Waals surface area contributed by atoms with E-state index >= 15 is 0 Å². The highest BCUT2D eigenvalue weighted by molar-refractivity contribution is 7.90. The summed E-state index contributed by atoms with van der Waals surface area (Å²) in [5.74, 6) is -1.83. The van der Waals surface area contributed by atoms with Gasteiger partial charge in [-0.05, 0) is 17.9 Å². The van der Waals surface area contributed by atoms with Crippen LogP contribution in [-0.4, -0.2) is 61.8 Å². The zero-order chi connectivity index (χ0) is 22.1. The molecule has 0 fully saturated rings. The molecule has 0 radical (unpaired) electrons. The maximum absolute atomic E-state index is 13.4. The van der Waals surface area contributed by atoms with Crippen molar-refractivity contribution in [2.75, 3.05) is 31.0 Å². The third-order valence-electron chi connectivity index (χ3n) is 4.27. The summed E-state index contributed by atoms with van der Waals surface area (Å²) in [6, 6.07) is 9.28. The fourth-order valence-corrected chi connectivity index (χ4v) is 4.29. The van der Waals surface area contributed by atoms with Crippen molar-refractivity contribution in [3.05, 3.63) is 35.9 Å². The van der Waals surface area contributed by atoms with Crippen LogP contribution in [0.1, 0.15) is 32.8 Å². The van der Waals surface area contributed by atoms with Crippen molar-refractivity contribution in [2.45, 2.75) is 39.4 Å². The normalized spacial score (nSPS) is 13.7. The summed E-state index contributed by atoms with van der Waals surface area (Å²) in [4.78, 5) is 27.3. The van der Waals surface area contributed by atoms with Crippen LogP contribution in [0.3, 0.4) is 0 Å². The summed E-state index contributed by atoms with van der Waals surface area (Å²) < 4.78 is 24.6. The quantitative estimate of drug-likeness (QED) is 0.377. The molecule has 164 valence electrons. The fraction of sp³-hybridized carbons (Fsp3) is 0.600. The second-order valence-corrected chi connectivity index (χ2v) is 9.96. The van der Waals surface area contributed by atoms with Crippen LogP contribution in [0.5, 0.6) is 0 Å². The van der Waals surface area contributed by atoms with Gasteiger partial charge in [-0.1, -0.05) is 51.1 Å². The minimum absolute atomic E-state index is 0.130. The van der Waals surface area contributed by atoms with Crippen molar-refractivity contribution in [1.82, 2.24) is 15.5 Å². The number of hydrogen-bond donors (Lipinski definition) is 2. The molecule has 0 unspecified atom stereocenters. The second-order valence-electron chi connectivity index (χ2n) is 7.55. The summed E-state index contributed by atoms with van der Waals surface area (Å²) >= 11 is 5.80. The summed E-state index contributed by atoms with van der Waals surface area (Å²) in [7, 11) is -3.62. The monoisotopic (exact) mass is 445 g/mol. The van der Waals surface area contributed by atoms with Gasteiger partial charge in [0.15, 0.2) is 15.5 Å².